The van der Waals surface area contributed by atoms with Crippen LogP contribution in [0.15, 0.2) is 57.9 Å². The highest BCUT2D eigenvalue weighted by molar-refractivity contribution is 7.89. The first kappa shape index (κ1) is 29.0. The first-order valence-corrected chi connectivity index (χ1v) is 15.7. The number of carbonyl (C=O) groups is 2. The molecular formula is C30H38N6O4S. The number of nitrogens with zero attached hydrogens (tertiary/aromatic N) is 2. The molecule has 2 aromatic rings. The van der Waals surface area contributed by atoms with Crippen molar-refractivity contribution in [2.75, 3.05) is 39.3 Å². The zero-order valence-electron chi connectivity index (χ0n) is 23.4. The van der Waals surface area contributed by atoms with E-state index in [0.29, 0.717) is 43.3 Å². The lowest BCUT2D eigenvalue weighted by Gasteiger charge is -2.38. The van der Waals surface area contributed by atoms with Gasteiger partial charge in [-0.25, -0.2) is 13.4 Å². The Morgan fingerprint density at radius 3 is 2.59 bits per heavy atom. The predicted octanol–water partition coefficient (Wildman–Crippen LogP) is 2.39. The fourth-order valence-corrected chi connectivity index (χ4v) is 7.01. The van der Waals surface area contributed by atoms with Gasteiger partial charge >= 0.3 is 0 Å². The Balaban J connectivity index is 1.26. The van der Waals surface area contributed by atoms with Gasteiger partial charge in [0.2, 0.25) is 21.8 Å². The van der Waals surface area contributed by atoms with Crippen LogP contribution in [0.4, 0.5) is 5.69 Å². The second-order valence-corrected chi connectivity index (χ2v) is 12.9. The topological polar surface area (TPSA) is 146 Å². The molecule has 2 amide bonds. The molecule has 2 saturated heterocycles. The highest BCUT2D eigenvalue weighted by Gasteiger charge is 2.37. The van der Waals surface area contributed by atoms with Gasteiger partial charge in [0.1, 0.15) is 5.84 Å². The van der Waals surface area contributed by atoms with E-state index >= 15 is 0 Å². The normalized spacial score (nSPS) is 18.4. The first-order valence-electron chi connectivity index (χ1n) is 14.3. The molecule has 3 aliphatic rings. The number of aliphatic imine (C=N–C) groups is 1. The third kappa shape index (κ3) is 6.69. The first-order chi connectivity index (χ1) is 19.7. The molecule has 0 aromatic heterocycles. The summed E-state index contributed by atoms with van der Waals surface area (Å²) in [6.07, 6.45) is 4.58. The summed E-state index contributed by atoms with van der Waals surface area (Å²) in [5, 5.41) is 9.16. The van der Waals surface area contributed by atoms with E-state index in [1.807, 2.05) is 37.3 Å². The monoisotopic (exact) mass is 578 g/mol. The smallest absolute Gasteiger partial charge is 0.247 e. The highest BCUT2D eigenvalue weighted by Crippen LogP contribution is 2.33. The van der Waals surface area contributed by atoms with Crippen LogP contribution in [0.25, 0.3) is 17.2 Å². The zero-order chi connectivity index (χ0) is 29.0. The van der Waals surface area contributed by atoms with Gasteiger partial charge in [-0.2, -0.15) is 4.31 Å². The molecule has 0 radical (unpaired) electrons. The number of rotatable bonds is 9. The number of hydrogen-bond acceptors (Lipinski definition) is 7. The summed E-state index contributed by atoms with van der Waals surface area (Å²) >= 11 is 0. The van der Waals surface area contributed by atoms with Crippen molar-refractivity contribution >= 4 is 39.4 Å². The van der Waals surface area contributed by atoms with Crippen LogP contribution in [0.1, 0.15) is 38.2 Å². The van der Waals surface area contributed by atoms with Crippen LogP contribution in [0.2, 0.25) is 0 Å². The van der Waals surface area contributed by atoms with E-state index in [4.69, 9.17) is 5.73 Å². The Hall–Kier alpha value is -3.54. The summed E-state index contributed by atoms with van der Waals surface area (Å²) in [7, 11) is -3.67. The number of hydrogen-bond donors (Lipinski definition) is 4. The molecule has 0 spiro atoms. The van der Waals surface area contributed by atoms with Gasteiger partial charge in [-0.3, -0.25) is 9.59 Å². The minimum atomic E-state index is -3.67. The number of fused-ring (bicyclic) bond motifs is 1. The number of nitrogens with one attached hydrogen (secondary N) is 3. The van der Waals surface area contributed by atoms with Crippen LogP contribution < -0.4 is 21.7 Å². The minimum Gasteiger partial charge on any atom is -0.387 e. The molecule has 0 atom stereocenters. The van der Waals surface area contributed by atoms with Crippen molar-refractivity contribution in [3.8, 4) is 11.1 Å². The largest absolute Gasteiger partial charge is 0.387 e. The van der Waals surface area contributed by atoms with Crippen LogP contribution in [0, 0.1) is 11.8 Å². The number of benzene rings is 2. The van der Waals surface area contributed by atoms with Gasteiger partial charge in [0, 0.05) is 55.6 Å². The van der Waals surface area contributed by atoms with Crippen molar-refractivity contribution in [2.24, 2.45) is 22.6 Å². The summed E-state index contributed by atoms with van der Waals surface area (Å²) < 4.78 is 28.2. The van der Waals surface area contributed by atoms with E-state index in [2.05, 4.69) is 20.9 Å². The third-order valence-electron chi connectivity index (χ3n) is 7.83. The summed E-state index contributed by atoms with van der Waals surface area (Å²) in [6.45, 7) is 5.55. The molecule has 5 N–H and O–H groups in total. The Bertz CT molecular complexity index is 1470. The Morgan fingerprint density at radius 2 is 1.83 bits per heavy atom. The fourth-order valence-electron chi connectivity index (χ4n) is 5.37. The van der Waals surface area contributed by atoms with E-state index in [1.54, 1.807) is 18.2 Å². The van der Waals surface area contributed by atoms with Crippen molar-refractivity contribution in [3.05, 3.63) is 53.6 Å². The number of nitrogens with two attached hydrogens (primary N) is 1. The lowest BCUT2D eigenvalue weighted by atomic mass is 9.96. The SMILES string of the molecule is CCCNC(=O)C1=Cc2ccc(-c3cccc(S(=O)(=O)N4CC(CNC(=O)C5CCNCC5)C4)c3)cc2N=C(N)C1. The summed E-state index contributed by atoms with van der Waals surface area (Å²) in [4.78, 5) is 29.7. The molecule has 3 heterocycles. The quantitative estimate of drug-likeness (QED) is 0.360. The summed E-state index contributed by atoms with van der Waals surface area (Å²) in [5.74, 6) is 0.399. The van der Waals surface area contributed by atoms with Crippen molar-refractivity contribution in [3.63, 3.8) is 0 Å². The van der Waals surface area contributed by atoms with Crippen molar-refractivity contribution in [1.82, 2.24) is 20.3 Å². The van der Waals surface area contributed by atoms with E-state index in [1.165, 1.54) is 4.31 Å². The van der Waals surface area contributed by atoms with Crippen LogP contribution in [-0.2, 0) is 19.6 Å². The molecule has 41 heavy (non-hydrogen) atoms. The molecule has 10 nitrogen and oxygen atoms in total. The Morgan fingerprint density at radius 1 is 1.07 bits per heavy atom. The van der Waals surface area contributed by atoms with Crippen molar-refractivity contribution in [2.45, 2.75) is 37.5 Å². The molecule has 0 unspecified atom stereocenters. The maximum Gasteiger partial charge on any atom is 0.247 e. The Kier molecular flexibility index (Phi) is 8.86. The van der Waals surface area contributed by atoms with Gasteiger partial charge in [-0.05, 0) is 67.8 Å². The molecule has 218 valence electrons. The van der Waals surface area contributed by atoms with E-state index in [9.17, 15) is 18.0 Å². The molecule has 0 bridgehead atoms. The molecule has 11 heteroatoms. The Labute approximate surface area is 241 Å². The van der Waals surface area contributed by atoms with Crippen LogP contribution in [0.3, 0.4) is 0 Å². The molecule has 2 aromatic carbocycles. The number of carbonyl (C=O) groups excluding carboxylic acids is 2. The van der Waals surface area contributed by atoms with Crippen LogP contribution in [-0.4, -0.2) is 69.6 Å². The number of piperidine rings is 1. The van der Waals surface area contributed by atoms with Gasteiger partial charge in [-0.1, -0.05) is 31.2 Å². The van der Waals surface area contributed by atoms with Gasteiger partial charge in [0.25, 0.3) is 0 Å². The van der Waals surface area contributed by atoms with Crippen LogP contribution in [0.5, 0.6) is 0 Å². The molecule has 0 aliphatic carbocycles. The number of amides is 2. The standard InChI is InChI=1S/C30H38N6O4S/c1-2-10-33-30(38)25-13-24-7-6-23(15-27(24)35-28(31)16-25)22-4-3-5-26(14-22)41(39,40)36-18-20(19-36)17-34-29(37)21-8-11-32-12-9-21/h3-7,13-15,20-21,32H,2,8-12,16-19H2,1H3,(H2,31,35)(H,33,38)(H,34,37). The molecule has 2 fully saturated rings. The van der Waals surface area contributed by atoms with Gasteiger partial charge < -0.3 is 21.7 Å². The van der Waals surface area contributed by atoms with E-state index < -0.39 is 10.0 Å². The van der Waals surface area contributed by atoms with E-state index in [0.717, 1.165) is 49.0 Å². The van der Waals surface area contributed by atoms with Crippen molar-refractivity contribution < 1.29 is 18.0 Å². The van der Waals surface area contributed by atoms with E-state index in [-0.39, 0.29) is 35.0 Å². The summed E-state index contributed by atoms with van der Waals surface area (Å²) in [5.41, 5.74) is 9.63. The predicted molar refractivity (Wildman–Crippen MR) is 160 cm³/mol. The number of sulfonamides is 1. The maximum atomic E-state index is 13.4. The molecule has 0 saturated carbocycles. The maximum absolute atomic E-state index is 13.4. The average molecular weight is 579 g/mol. The zero-order valence-corrected chi connectivity index (χ0v) is 24.2. The molecule has 5 rings (SSSR count). The molecule has 3 aliphatic heterocycles. The highest BCUT2D eigenvalue weighted by atomic mass is 32.2. The lowest BCUT2D eigenvalue weighted by Crippen LogP contribution is -2.54. The minimum absolute atomic E-state index is 0.0392. The van der Waals surface area contributed by atoms with Crippen molar-refractivity contribution in [1.29, 1.82) is 0 Å². The summed E-state index contributed by atoms with van der Waals surface area (Å²) in [6, 6.07) is 12.5. The van der Waals surface area contributed by atoms with Crippen LogP contribution >= 0.6 is 0 Å². The number of amidine groups is 1. The third-order valence-corrected chi connectivity index (χ3v) is 9.65. The second-order valence-electron chi connectivity index (χ2n) is 11.0. The van der Waals surface area contributed by atoms with Gasteiger partial charge in [-0.15, -0.1) is 0 Å². The van der Waals surface area contributed by atoms with Gasteiger partial charge in [0.15, 0.2) is 0 Å². The second kappa shape index (κ2) is 12.5. The van der Waals surface area contributed by atoms with Gasteiger partial charge in [0.05, 0.1) is 10.6 Å². The molecular weight excluding hydrogens is 540 g/mol. The lowest BCUT2D eigenvalue weighted by molar-refractivity contribution is -0.126. The fraction of sp³-hybridized carbons (Fsp3) is 0.433. The average Bonchev–Trinajstić information content (AvgIpc) is 3.12.